The molecule has 3 rings (SSSR count). The Morgan fingerprint density at radius 1 is 0.750 bits per heavy atom. The van der Waals surface area contributed by atoms with Crippen molar-refractivity contribution in [3.05, 3.63) is 48.0 Å². The lowest BCUT2D eigenvalue weighted by atomic mass is 10.0. The first-order valence-corrected chi connectivity index (χ1v) is 8.56. The zero-order valence-electron chi connectivity index (χ0n) is 13.7. The van der Waals surface area contributed by atoms with Crippen molar-refractivity contribution in [1.29, 1.82) is 0 Å². The molecule has 0 aliphatic carbocycles. The lowest BCUT2D eigenvalue weighted by Crippen LogP contribution is -2.42. The molecule has 1 aliphatic heterocycles. The number of rotatable bonds is 1. The van der Waals surface area contributed by atoms with Gasteiger partial charge in [-0.2, -0.15) is 0 Å². The summed E-state index contributed by atoms with van der Waals surface area (Å²) in [7, 11) is 0. The zero-order valence-corrected chi connectivity index (χ0v) is 13.7. The first kappa shape index (κ1) is 16.4. The lowest BCUT2D eigenvalue weighted by Gasteiger charge is -2.21. The smallest absolute Gasteiger partial charge is 0.267 e. The van der Waals surface area contributed by atoms with Gasteiger partial charge in [-0.1, -0.05) is 55.7 Å². The van der Waals surface area contributed by atoms with Gasteiger partial charge in [0.05, 0.1) is 0 Å². The van der Waals surface area contributed by atoms with Crippen molar-refractivity contribution in [3.8, 4) is 0 Å². The molecule has 4 nitrogen and oxygen atoms in total. The third-order valence-corrected chi connectivity index (χ3v) is 4.50. The van der Waals surface area contributed by atoms with Crippen LogP contribution >= 0.6 is 0 Å². The molecule has 0 aromatic heterocycles. The first-order valence-electron chi connectivity index (χ1n) is 8.56. The third kappa shape index (κ3) is 3.37. The van der Waals surface area contributed by atoms with E-state index in [2.05, 4.69) is 0 Å². The lowest BCUT2D eigenvalue weighted by molar-refractivity contribution is -0.141. The second-order valence-electron chi connectivity index (χ2n) is 6.22. The molecule has 124 valence electrons. The third-order valence-electron chi connectivity index (χ3n) is 4.50. The van der Waals surface area contributed by atoms with Crippen molar-refractivity contribution in [2.45, 2.75) is 44.9 Å². The molecular weight excluding hydrogens is 302 g/mol. The van der Waals surface area contributed by atoms with Gasteiger partial charge in [0, 0.05) is 18.4 Å². The van der Waals surface area contributed by atoms with Gasteiger partial charge in [-0.05, 0) is 29.7 Å². The molecule has 4 heteroatoms. The fraction of sp³-hybridized carbons (Fsp3) is 0.350. The van der Waals surface area contributed by atoms with E-state index in [-0.39, 0.29) is 24.7 Å². The van der Waals surface area contributed by atoms with Crippen molar-refractivity contribution >= 4 is 28.5 Å². The average Bonchev–Trinajstić information content (AvgIpc) is 2.60. The Hall–Kier alpha value is -2.49. The van der Waals surface area contributed by atoms with Crippen molar-refractivity contribution in [3.63, 3.8) is 0 Å². The van der Waals surface area contributed by atoms with Crippen molar-refractivity contribution in [2.75, 3.05) is 0 Å². The number of hydrogen-bond donors (Lipinski definition) is 0. The number of benzene rings is 2. The Bertz CT molecular complexity index is 756. The molecule has 2 aromatic rings. The van der Waals surface area contributed by atoms with Crippen LogP contribution in [0, 0.1) is 0 Å². The van der Waals surface area contributed by atoms with Crippen LogP contribution in [0.2, 0.25) is 0 Å². The number of amides is 3. The highest BCUT2D eigenvalue weighted by atomic mass is 16.2. The monoisotopic (exact) mass is 323 g/mol. The minimum atomic E-state index is -0.498. The largest absolute Gasteiger partial charge is 0.274 e. The van der Waals surface area contributed by atoms with Crippen LogP contribution in [0.25, 0.3) is 10.8 Å². The quantitative estimate of drug-likeness (QED) is 0.743. The summed E-state index contributed by atoms with van der Waals surface area (Å²) < 4.78 is 0. The van der Waals surface area contributed by atoms with Gasteiger partial charge in [-0.15, -0.1) is 0 Å². The van der Waals surface area contributed by atoms with E-state index in [4.69, 9.17) is 0 Å². The highest BCUT2D eigenvalue weighted by Gasteiger charge is 2.29. The molecule has 0 unspecified atom stereocenters. The topological polar surface area (TPSA) is 54.5 Å². The standard InChI is InChI=1S/C20H21NO3/c22-18-13-4-2-1-3-5-14-19(23)21(18)20(24)17-12-8-10-15-9-6-7-11-16(15)17/h6-12H,1-5,13-14H2. The van der Waals surface area contributed by atoms with Crippen LogP contribution < -0.4 is 0 Å². The number of hydrogen-bond acceptors (Lipinski definition) is 3. The number of imide groups is 3. The van der Waals surface area contributed by atoms with E-state index in [1.807, 2.05) is 30.3 Å². The molecule has 1 fully saturated rings. The van der Waals surface area contributed by atoms with E-state index in [9.17, 15) is 14.4 Å². The van der Waals surface area contributed by atoms with Crippen LogP contribution in [0.1, 0.15) is 55.3 Å². The zero-order chi connectivity index (χ0) is 16.9. The van der Waals surface area contributed by atoms with Gasteiger partial charge in [0.2, 0.25) is 11.8 Å². The molecule has 1 heterocycles. The summed E-state index contributed by atoms with van der Waals surface area (Å²) in [6.45, 7) is 0. The van der Waals surface area contributed by atoms with Crippen LogP contribution in [0.15, 0.2) is 42.5 Å². The summed E-state index contributed by atoms with van der Waals surface area (Å²) in [5.74, 6) is -1.25. The normalized spacial score (nSPS) is 17.1. The number of carbonyl (C=O) groups is 3. The van der Waals surface area contributed by atoms with Gasteiger partial charge >= 0.3 is 0 Å². The summed E-state index contributed by atoms with van der Waals surface area (Å²) in [6.07, 6.45) is 4.94. The van der Waals surface area contributed by atoms with Gasteiger partial charge in [0.15, 0.2) is 0 Å². The average molecular weight is 323 g/mol. The molecule has 1 aliphatic rings. The Kier molecular flexibility index (Phi) is 5.04. The molecule has 2 aromatic carbocycles. The molecule has 3 amide bonds. The van der Waals surface area contributed by atoms with E-state index < -0.39 is 5.91 Å². The summed E-state index contributed by atoms with van der Waals surface area (Å²) in [5.41, 5.74) is 0.409. The predicted octanol–water partition coefficient (Wildman–Crippen LogP) is 4.08. The maximum absolute atomic E-state index is 13.0. The summed E-state index contributed by atoms with van der Waals surface area (Å²) in [6, 6.07) is 12.9. The second kappa shape index (κ2) is 7.39. The predicted molar refractivity (Wildman–Crippen MR) is 92.5 cm³/mol. The molecule has 0 N–H and O–H groups in total. The maximum atomic E-state index is 13.0. The second-order valence-corrected chi connectivity index (χ2v) is 6.22. The SMILES string of the molecule is O=C1CCCCCCCC(=O)N1C(=O)c1cccc2ccccc12. The van der Waals surface area contributed by atoms with E-state index in [0.29, 0.717) is 5.56 Å². The molecule has 1 saturated heterocycles. The summed E-state index contributed by atoms with van der Waals surface area (Å²) in [5, 5.41) is 1.69. The van der Waals surface area contributed by atoms with Gasteiger partial charge in [-0.25, -0.2) is 4.90 Å². The van der Waals surface area contributed by atoms with Gasteiger partial charge in [0.25, 0.3) is 5.91 Å². The van der Waals surface area contributed by atoms with E-state index in [1.54, 1.807) is 12.1 Å². The molecule has 0 atom stereocenters. The van der Waals surface area contributed by atoms with Crippen molar-refractivity contribution < 1.29 is 14.4 Å². The van der Waals surface area contributed by atoms with Crippen LogP contribution in [0.5, 0.6) is 0 Å². The van der Waals surface area contributed by atoms with Crippen LogP contribution in [-0.4, -0.2) is 22.6 Å². The minimum absolute atomic E-state index is 0.252. The Morgan fingerprint density at radius 2 is 1.33 bits per heavy atom. The Morgan fingerprint density at radius 3 is 2.04 bits per heavy atom. The van der Waals surface area contributed by atoms with Crippen LogP contribution in [-0.2, 0) is 9.59 Å². The number of carbonyl (C=O) groups excluding carboxylic acids is 3. The van der Waals surface area contributed by atoms with E-state index in [1.165, 1.54) is 0 Å². The van der Waals surface area contributed by atoms with E-state index in [0.717, 1.165) is 47.8 Å². The van der Waals surface area contributed by atoms with Crippen molar-refractivity contribution in [1.82, 2.24) is 4.90 Å². The minimum Gasteiger partial charge on any atom is -0.274 e. The van der Waals surface area contributed by atoms with Gasteiger partial charge in [-0.3, -0.25) is 14.4 Å². The van der Waals surface area contributed by atoms with Crippen LogP contribution in [0.3, 0.4) is 0 Å². The first-order chi connectivity index (χ1) is 11.7. The number of fused-ring (bicyclic) bond motifs is 1. The summed E-state index contributed by atoms with van der Waals surface area (Å²) >= 11 is 0. The molecule has 0 bridgehead atoms. The molecule has 0 saturated carbocycles. The number of nitrogens with zero attached hydrogens (tertiary/aromatic N) is 1. The molecule has 0 spiro atoms. The fourth-order valence-corrected chi connectivity index (χ4v) is 3.20. The highest BCUT2D eigenvalue weighted by Crippen LogP contribution is 2.22. The van der Waals surface area contributed by atoms with E-state index >= 15 is 0 Å². The Labute approximate surface area is 141 Å². The highest BCUT2D eigenvalue weighted by molar-refractivity contribution is 6.20. The molecule has 0 radical (unpaired) electrons. The molecule has 24 heavy (non-hydrogen) atoms. The fourth-order valence-electron chi connectivity index (χ4n) is 3.20. The Balaban J connectivity index is 1.97. The van der Waals surface area contributed by atoms with Gasteiger partial charge < -0.3 is 0 Å². The van der Waals surface area contributed by atoms with Crippen molar-refractivity contribution in [2.24, 2.45) is 0 Å². The van der Waals surface area contributed by atoms with Crippen LogP contribution in [0.4, 0.5) is 0 Å². The van der Waals surface area contributed by atoms with Gasteiger partial charge in [0.1, 0.15) is 0 Å². The molecular formula is C20H21NO3. The summed E-state index contributed by atoms with van der Waals surface area (Å²) in [4.78, 5) is 38.8. The maximum Gasteiger partial charge on any atom is 0.267 e.